The van der Waals surface area contributed by atoms with E-state index in [2.05, 4.69) is 9.88 Å². The SMILES string of the molecule is Cc1ccc(C(=O)N2CCC[C@]3(C(=O)N(C)C)CN(c4ccccn4)C[C@@H]3C2)cc1.O=C(O)C(F)(F)F. The highest BCUT2D eigenvalue weighted by Gasteiger charge is 2.54. The first-order valence-electron chi connectivity index (χ1n) is 11.9. The number of halogens is 3. The lowest BCUT2D eigenvalue weighted by Gasteiger charge is -2.34. The number of anilines is 1. The number of hydrogen-bond acceptors (Lipinski definition) is 5. The number of aromatic nitrogens is 1. The second kappa shape index (κ2) is 11.2. The van der Waals surface area contributed by atoms with Crippen molar-refractivity contribution in [2.75, 3.05) is 45.2 Å². The summed E-state index contributed by atoms with van der Waals surface area (Å²) >= 11 is 0. The van der Waals surface area contributed by atoms with E-state index in [1.807, 2.05) is 68.4 Å². The molecule has 11 heteroatoms. The van der Waals surface area contributed by atoms with Gasteiger partial charge in [-0.3, -0.25) is 9.59 Å². The molecule has 0 bridgehead atoms. The largest absolute Gasteiger partial charge is 0.490 e. The van der Waals surface area contributed by atoms with Crippen molar-refractivity contribution in [1.29, 1.82) is 0 Å². The van der Waals surface area contributed by atoms with E-state index in [0.29, 0.717) is 25.2 Å². The number of amides is 2. The third-order valence-electron chi connectivity index (χ3n) is 6.82. The molecule has 0 radical (unpaired) electrons. The van der Waals surface area contributed by atoms with Crippen LogP contribution in [0.1, 0.15) is 28.8 Å². The number of carbonyl (C=O) groups excluding carboxylic acids is 2. The number of aryl methyl sites for hydroxylation is 1. The van der Waals surface area contributed by atoms with Crippen molar-refractivity contribution < 1.29 is 32.7 Å². The first-order valence-corrected chi connectivity index (χ1v) is 11.9. The average molecular weight is 521 g/mol. The molecule has 1 aromatic heterocycles. The summed E-state index contributed by atoms with van der Waals surface area (Å²) in [4.78, 5) is 45.9. The zero-order valence-electron chi connectivity index (χ0n) is 21.0. The highest BCUT2D eigenvalue weighted by molar-refractivity contribution is 5.94. The Hall–Kier alpha value is -3.63. The van der Waals surface area contributed by atoms with Crippen molar-refractivity contribution in [3.8, 4) is 0 Å². The van der Waals surface area contributed by atoms with Gasteiger partial charge in [-0.2, -0.15) is 13.2 Å². The number of carboxylic acid groups (broad SMARTS) is 1. The number of fused-ring (bicyclic) bond motifs is 1. The van der Waals surface area contributed by atoms with Crippen LogP contribution in [0, 0.1) is 18.3 Å². The van der Waals surface area contributed by atoms with E-state index >= 15 is 0 Å². The van der Waals surface area contributed by atoms with E-state index in [1.165, 1.54) is 0 Å². The van der Waals surface area contributed by atoms with Gasteiger partial charge in [-0.25, -0.2) is 9.78 Å². The number of nitrogens with zero attached hydrogens (tertiary/aromatic N) is 4. The lowest BCUT2D eigenvalue weighted by Crippen LogP contribution is -2.47. The summed E-state index contributed by atoms with van der Waals surface area (Å²) in [6.07, 6.45) is -1.68. The van der Waals surface area contributed by atoms with Crippen LogP contribution in [0.3, 0.4) is 0 Å². The van der Waals surface area contributed by atoms with E-state index in [1.54, 1.807) is 11.1 Å². The van der Waals surface area contributed by atoms with Gasteiger partial charge in [0.1, 0.15) is 5.82 Å². The van der Waals surface area contributed by atoms with Gasteiger partial charge in [0.2, 0.25) is 5.91 Å². The Balaban J connectivity index is 0.000000479. The van der Waals surface area contributed by atoms with Gasteiger partial charge >= 0.3 is 12.1 Å². The Morgan fingerprint density at radius 3 is 2.27 bits per heavy atom. The molecule has 2 fully saturated rings. The number of rotatable bonds is 3. The van der Waals surface area contributed by atoms with Crippen LogP contribution in [-0.2, 0) is 9.59 Å². The number of carbonyl (C=O) groups is 3. The molecule has 1 N–H and O–H groups in total. The van der Waals surface area contributed by atoms with Crippen molar-refractivity contribution >= 4 is 23.6 Å². The van der Waals surface area contributed by atoms with Crippen LogP contribution in [-0.4, -0.2) is 84.1 Å². The normalized spacial score (nSPS) is 21.3. The molecule has 2 atom stereocenters. The molecule has 8 nitrogen and oxygen atoms in total. The topological polar surface area (TPSA) is 94.1 Å². The van der Waals surface area contributed by atoms with Gasteiger partial charge in [0, 0.05) is 58.0 Å². The summed E-state index contributed by atoms with van der Waals surface area (Å²) in [6.45, 7) is 4.68. The van der Waals surface area contributed by atoms with Gasteiger partial charge < -0.3 is 19.8 Å². The molecule has 37 heavy (non-hydrogen) atoms. The standard InChI is InChI=1S/C24H30N4O2.C2HF3O2/c1-18-8-10-19(11-9-18)22(29)27-14-6-12-24(23(30)26(2)3)17-28(16-20(24)15-27)21-7-4-5-13-25-21;3-2(4,5)1(6)7/h4-5,7-11,13,20H,6,12,14-17H2,1-3H3;(H,6,7)/t20-,24-;/m0./s1. The van der Waals surface area contributed by atoms with Gasteiger partial charge in [0.05, 0.1) is 5.41 Å². The van der Waals surface area contributed by atoms with Gasteiger partial charge in [-0.15, -0.1) is 0 Å². The summed E-state index contributed by atoms with van der Waals surface area (Å²) < 4.78 is 31.7. The second-order valence-electron chi connectivity index (χ2n) is 9.64. The molecule has 3 heterocycles. The number of alkyl halides is 3. The highest BCUT2D eigenvalue weighted by atomic mass is 19.4. The van der Waals surface area contributed by atoms with E-state index < -0.39 is 17.6 Å². The predicted molar refractivity (Wildman–Crippen MR) is 131 cm³/mol. The minimum absolute atomic E-state index is 0.0550. The maximum Gasteiger partial charge on any atom is 0.490 e. The molecule has 200 valence electrons. The summed E-state index contributed by atoms with van der Waals surface area (Å²) in [7, 11) is 3.66. The lowest BCUT2D eigenvalue weighted by atomic mass is 9.74. The van der Waals surface area contributed by atoms with Crippen LogP contribution < -0.4 is 4.90 Å². The summed E-state index contributed by atoms with van der Waals surface area (Å²) in [5.74, 6) is -1.57. The van der Waals surface area contributed by atoms with Crippen LogP contribution in [0.2, 0.25) is 0 Å². The maximum absolute atomic E-state index is 13.4. The average Bonchev–Trinajstić information content (AvgIpc) is 3.12. The fourth-order valence-corrected chi connectivity index (χ4v) is 5.01. The van der Waals surface area contributed by atoms with Crippen molar-refractivity contribution in [3.63, 3.8) is 0 Å². The fraction of sp³-hybridized carbons (Fsp3) is 0.462. The fourth-order valence-electron chi connectivity index (χ4n) is 5.01. The third-order valence-corrected chi connectivity index (χ3v) is 6.82. The Morgan fingerprint density at radius 2 is 1.73 bits per heavy atom. The van der Waals surface area contributed by atoms with Crippen LogP contribution in [0.25, 0.3) is 0 Å². The number of likely N-dealkylation sites (tertiary alicyclic amines) is 1. The van der Waals surface area contributed by atoms with E-state index in [-0.39, 0.29) is 17.7 Å². The summed E-state index contributed by atoms with van der Waals surface area (Å²) in [5, 5.41) is 7.12. The van der Waals surface area contributed by atoms with Crippen LogP contribution >= 0.6 is 0 Å². The van der Waals surface area contributed by atoms with Crippen molar-refractivity contribution in [1.82, 2.24) is 14.8 Å². The van der Waals surface area contributed by atoms with Gasteiger partial charge in [0.15, 0.2) is 0 Å². The molecule has 0 spiro atoms. The quantitative estimate of drug-likeness (QED) is 0.666. The number of benzene rings is 1. The smallest absolute Gasteiger partial charge is 0.475 e. The van der Waals surface area contributed by atoms with Crippen LogP contribution in [0.15, 0.2) is 48.7 Å². The maximum atomic E-state index is 13.4. The Labute approximate surface area is 213 Å². The van der Waals surface area contributed by atoms with Crippen molar-refractivity contribution in [3.05, 3.63) is 59.8 Å². The molecule has 2 saturated heterocycles. The van der Waals surface area contributed by atoms with E-state index in [4.69, 9.17) is 9.90 Å². The molecule has 2 aliphatic rings. The number of aliphatic carboxylic acids is 1. The number of pyridine rings is 1. The van der Waals surface area contributed by atoms with Crippen LogP contribution in [0.5, 0.6) is 0 Å². The third kappa shape index (κ3) is 6.39. The van der Waals surface area contributed by atoms with E-state index in [9.17, 15) is 22.8 Å². The molecule has 0 unspecified atom stereocenters. The lowest BCUT2D eigenvalue weighted by molar-refractivity contribution is -0.192. The molecule has 2 aliphatic heterocycles. The van der Waals surface area contributed by atoms with Crippen molar-refractivity contribution in [2.24, 2.45) is 11.3 Å². The minimum atomic E-state index is -5.08. The molecule has 1 aromatic carbocycles. The van der Waals surface area contributed by atoms with Crippen LogP contribution in [0.4, 0.5) is 19.0 Å². The molecular formula is C26H31F3N4O4. The van der Waals surface area contributed by atoms with E-state index in [0.717, 1.165) is 30.8 Å². The molecule has 0 aliphatic carbocycles. The van der Waals surface area contributed by atoms with Gasteiger partial charge in [0.25, 0.3) is 5.91 Å². The second-order valence-corrected chi connectivity index (χ2v) is 9.64. The zero-order valence-corrected chi connectivity index (χ0v) is 21.0. The summed E-state index contributed by atoms with van der Waals surface area (Å²) in [5.41, 5.74) is 1.37. The first kappa shape index (κ1) is 27.9. The molecule has 4 rings (SSSR count). The predicted octanol–water partition coefficient (Wildman–Crippen LogP) is 3.47. The minimum Gasteiger partial charge on any atom is -0.475 e. The molecule has 2 aromatic rings. The highest BCUT2D eigenvalue weighted by Crippen LogP contribution is 2.45. The zero-order chi connectivity index (χ0) is 27.4. The summed E-state index contributed by atoms with van der Waals surface area (Å²) in [6, 6.07) is 13.6. The van der Waals surface area contributed by atoms with Gasteiger partial charge in [-0.1, -0.05) is 23.8 Å². The Morgan fingerprint density at radius 1 is 1.08 bits per heavy atom. The molecular weight excluding hydrogens is 489 g/mol. The molecule has 2 amide bonds. The number of hydrogen-bond donors (Lipinski definition) is 1. The Kier molecular flexibility index (Phi) is 8.45. The first-order chi connectivity index (χ1) is 17.3. The van der Waals surface area contributed by atoms with Gasteiger partial charge in [-0.05, 0) is 44.0 Å². The number of carboxylic acids is 1. The monoisotopic (exact) mass is 520 g/mol. The molecule has 0 saturated carbocycles. The van der Waals surface area contributed by atoms with Crippen molar-refractivity contribution in [2.45, 2.75) is 25.9 Å². The Bertz CT molecular complexity index is 1110.